The first-order valence-electron chi connectivity index (χ1n) is 10.0. The first-order chi connectivity index (χ1) is 12.6. The lowest BCUT2D eigenvalue weighted by molar-refractivity contribution is 0.105. The van der Waals surface area contributed by atoms with Gasteiger partial charge in [0.2, 0.25) is 0 Å². The van der Waals surface area contributed by atoms with Crippen LogP contribution in [0.1, 0.15) is 49.4 Å². The molecule has 0 saturated carbocycles. The van der Waals surface area contributed by atoms with Crippen molar-refractivity contribution in [1.29, 1.82) is 0 Å². The summed E-state index contributed by atoms with van der Waals surface area (Å²) in [6, 6.07) is 7.80. The number of likely N-dealkylation sites (tertiary alicyclic amines) is 1. The van der Waals surface area contributed by atoms with Crippen molar-refractivity contribution in [3.8, 4) is 0 Å². The highest BCUT2D eigenvalue weighted by Crippen LogP contribution is 2.44. The smallest absolute Gasteiger partial charge is 0.166 e. The van der Waals surface area contributed by atoms with Gasteiger partial charge in [0.15, 0.2) is 5.11 Å². The number of fused-ring (bicyclic) bond motifs is 2. The molecule has 3 atom stereocenters. The fourth-order valence-corrected chi connectivity index (χ4v) is 5.42. The van der Waals surface area contributed by atoms with Gasteiger partial charge in [-0.3, -0.25) is 4.90 Å². The number of hydrogen-bond donors (Lipinski definition) is 3. The summed E-state index contributed by atoms with van der Waals surface area (Å²) in [7, 11) is 0. The predicted octanol–water partition coefficient (Wildman–Crippen LogP) is 3.45. The summed E-state index contributed by atoms with van der Waals surface area (Å²) in [6.07, 6.45) is 3.51. The molecule has 1 aliphatic carbocycles. The molecule has 5 heteroatoms. The van der Waals surface area contributed by atoms with Crippen LogP contribution in [0.4, 0.5) is 0 Å². The maximum atomic E-state index is 5.47. The Bertz CT molecular complexity index is 812. The number of H-pyrrole nitrogens is 1. The largest absolute Gasteiger partial charge is 0.363 e. The molecule has 0 radical (unpaired) electrons. The normalized spacial score (nSPS) is 25.1. The Hall–Kier alpha value is -1.59. The summed E-state index contributed by atoms with van der Waals surface area (Å²) >= 11 is 5.47. The summed E-state index contributed by atoms with van der Waals surface area (Å²) in [5.41, 5.74) is 5.71. The summed E-state index contributed by atoms with van der Waals surface area (Å²) in [4.78, 5) is 6.31. The van der Waals surface area contributed by atoms with Crippen LogP contribution in [0.2, 0.25) is 0 Å². The maximum absolute atomic E-state index is 5.47. The second-order valence-electron chi connectivity index (χ2n) is 7.81. The minimum atomic E-state index is 0.409. The zero-order chi connectivity index (χ0) is 18.3. The molecule has 140 valence electrons. The van der Waals surface area contributed by atoms with Gasteiger partial charge in [-0.25, -0.2) is 0 Å². The zero-order valence-electron chi connectivity index (χ0n) is 16.1. The van der Waals surface area contributed by atoms with E-state index in [2.05, 4.69) is 59.5 Å². The highest BCUT2D eigenvalue weighted by molar-refractivity contribution is 7.80. The summed E-state index contributed by atoms with van der Waals surface area (Å²) in [6.45, 7) is 9.70. The van der Waals surface area contributed by atoms with Crippen molar-refractivity contribution in [3.63, 3.8) is 0 Å². The van der Waals surface area contributed by atoms with Crippen LogP contribution in [-0.4, -0.2) is 46.7 Å². The van der Waals surface area contributed by atoms with Gasteiger partial charge < -0.3 is 15.6 Å². The summed E-state index contributed by atoms with van der Waals surface area (Å²) in [5, 5.41) is 9.10. The highest BCUT2D eigenvalue weighted by Gasteiger charge is 2.41. The van der Waals surface area contributed by atoms with Gasteiger partial charge in [-0.1, -0.05) is 19.1 Å². The molecule has 4 nitrogen and oxygen atoms in total. The second kappa shape index (κ2) is 7.20. The van der Waals surface area contributed by atoms with Crippen LogP contribution in [-0.2, 0) is 6.42 Å². The lowest BCUT2D eigenvalue weighted by Gasteiger charge is -2.47. The average Bonchev–Trinajstić information content (AvgIpc) is 2.93. The fraction of sp³-hybridized carbons (Fsp3) is 0.571. The standard InChI is InChI=1S/C21H30N4S/c1-4-9-25-12-14(24-21(26)22-5-2)10-17-15-7-6-8-18-20(15)16(11-19(17)25)13(3)23-18/h6-8,14,17,19,23H,4-5,9-12H2,1-3H3,(H2,22,24,26)/t14-,17?,19+/m0/s1. The van der Waals surface area contributed by atoms with Crippen LogP contribution >= 0.6 is 12.2 Å². The van der Waals surface area contributed by atoms with E-state index >= 15 is 0 Å². The maximum Gasteiger partial charge on any atom is 0.166 e. The third-order valence-corrected chi connectivity index (χ3v) is 6.36. The number of nitrogens with zero attached hydrogens (tertiary/aromatic N) is 1. The minimum Gasteiger partial charge on any atom is -0.363 e. The van der Waals surface area contributed by atoms with Crippen molar-refractivity contribution < 1.29 is 0 Å². The number of piperidine rings is 1. The van der Waals surface area contributed by atoms with Crippen molar-refractivity contribution >= 4 is 28.2 Å². The molecular weight excluding hydrogens is 340 g/mol. The van der Waals surface area contributed by atoms with Crippen LogP contribution in [0.3, 0.4) is 0 Å². The molecule has 1 unspecified atom stereocenters. The Morgan fingerprint density at radius 2 is 2.19 bits per heavy atom. The summed E-state index contributed by atoms with van der Waals surface area (Å²) < 4.78 is 0. The molecule has 0 amide bonds. The van der Waals surface area contributed by atoms with Crippen LogP contribution in [0.5, 0.6) is 0 Å². The Balaban J connectivity index is 1.69. The van der Waals surface area contributed by atoms with E-state index < -0.39 is 0 Å². The lowest BCUT2D eigenvalue weighted by Crippen LogP contribution is -2.57. The zero-order valence-corrected chi connectivity index (χ0v) is 16.9. The van der Waals surface area contributed by atoms with Crippen LogP contribution < -0.4 is 10.6 Å². The van der Waals surface area contributed by atoms with Gasteiger partial charge in [0.25, 0.3) is 0 Å². The molecular formula is C21H30N4S. The molecule has 2 heterocycles. The van der Waals surface area contributed by atoms with Crippen molar-refractivity contribution in [2.75, 3.05) is 19.6 Å². The Kier molecular flexibility index (Phi) is 4.93. The van der Waals surface area contributed by atoms with Crippen molar-refractivity contribution in [2.45, 2.75) is 58.0 Å². The molecule has 26 heavy (non-hydrogen) atoms. The molecule has 1 aliphatic heterocycles. The molecule has 1 aromatic heterocycles. The third kappa shape index (κ3) is 3.01. The number of nitrogens with one attached hydrogen (secondary N) is 3. The van der Waals surface area contributed by atoms with E-state index in [1.165, 1.54) is 34.1 Å². The first kappa shape index (κ1) is 17.8. The van der Waals surface area contributed by atoms with Crippen molar-refractivity contribution in [2.24, 2.45) is 0 Å². The Morgan fingerprint density at radius 1 is 1.35 bits per heavy atom. The quantitative estimate of drug-likeness (QED) is 0.721. The third-order valence-electron chi connectivity index (χ3n) is 6.10. The number of aryl methyl sites for hydroxylation is 1. The van der Waals surface area contributed by atoms with Crippen LogP contribution in [0.25, 0.3) is 10.9 Å². The molecule has 0 spiro atoms. The number of rotatable bonds is 4. The topological polar surface area (TPSA) is 43.1 Å². The van der Waals surface area contributed by atoms with Crippen LogP contribution in [0, 0.1) is 6.92 Å². The number of benzene rings is 1. The van der Waals surface area contributed by atoms with E-state index in [9.17, 15) is 0 Å². The number of aromatic amines is 1. The lowest BCUT2D eigenvalue weighted by atomic mass is 9.73. The average molecular weight is 371 g/mol. The van der Waals surface area contributed by atoms with Gasteiger partial charge in [-0.15, -0.1) is 0 Å². The molecule has 1 fully saturated rings. The van der Waals surface area contributed by atoms with Gasteiger partial charge in [-0.05, 0) is 69.1 Å². The van der Waals surface area contributed by atoms with E-state index in [1.807, 2.05) is 0 Å². The van der Waals surface area contributed by atoms with E-state index in [-0.39, 0.29) is 0 Å². The molecule has 2 aliphatic rings. The molecule has 1 saturated heterocycles. The fourth-order valence-electron chi connectivity index (χ4n) is 5.11. The van der Waals surface area contributed by atoms with Crippen molar-refractivity contribution in [1.82, 2.24) is 20.5 Å². The molecule has 2 aromatic rings. The monoisotopic (exact) mass is 370 g/mol. The number of hydrogen-bond acceptors (Lipinski definition) is 2. The number of thiocarbonyl (C=S) groups is 1. The molecule has 3 N–H and O–H groups in total. The van der Waals surface area contributed by atoms with Crippen molar-refractivity contribution in [3.05, 3.63) is 35.0 Å². The highest BCUT2D eigenvalue weighted by atomic mass is 32.1. The van der Waals surface area contributed by atoms with Gasteiger partial charge in [0.05, 0.1) is 0 Å². The minimum absolute atomic E-state index is 0.409. The van der Waals surface area contributed by atoms with Gasteiger partial charge in [0, 0.05) is 47.7 Å². The Morgan fingerprint density at radius 3 is 2.96 bits per heavy atom. The molecule has 4 rings (SSSR count). The van der Waals surface area contributed by atoms with E-state index in [1.54, 1.807) is 0 Å². The Labute approximate surface area is 161 Å². The van der Waals surface area contributed by atoms with E-state index in [4.69, 9.17) is 12.2 Å². The van der Waals surface area contributed by atoms with E-state index in [0.717, 1.165) is 37.6 Å². The SMILES string of the molecule is CCCN1C[C@@H](NC(=S)NCC)CC2c3cccc4[nH]c(C)c(c34)C[C@H]21. The second-order valence-corrected chi connectivity index (χ2v) is 8.22. The first-order valence-corrected chi connectivity index (χ1v) is 10.4. The molecule has 0 bridgehead atoms. The molecule has 1 aromatic carbocycles. The number of aromatic nitrogens is 1. The van der Waals surface area contributed by atoms with E-state index in [0.29, 0.717) is 18.0 Å². The summed E-state index contributed by atoms with van der Waals surface area (Å²) in [5.74, 6) is 0.573. The van der Waals surface area contributed by atoms with Crippen LogP contribution in [0.15, 0.2) is 18.2 Å². The van der Waals surface area contributed by atoms with Gasteiger partial charge in [0.1, 0.15) is 0 Å². The van der Waals surface area contributed by atoms with Gasteiger partial charge >= 0.3 is 0 Å². The predicted molar refractivity (Wildman–Crippen MR) is 113 cm³/mol. The van der Waals surface area contributed by atoms with Gasteiger partial charge in [-0.2, -0.15) is 0 Å².